The van der Waals surface area contributed by atoms with E-state index in [4.69, 9.17) is 4.74 Å². The van der Waals surface area contributed by atoms with E-state index < -0.39 is 0 Å². The summed E-state index contributed by atoms with van der Waals surface area (Å²) < 4.78 is 5.20. The van der Waals surface area contributed by atoms with Crippen LogP contribution in [0.5, 0.6) is 0 Å². The third-order valence-electron chi connectivity index (χ3n) is 3.02. The Hall–Kier alpha value is -1.38. The largest absolute Gasteiger partial charge is 0.465 e. The van der Waals surface area contributed by atoms with Gasteiger partial charge in [0.05, 0.1) is 12.5 Å². The Balaban J connectivity index is 1.60. The number of esters is 1. The Labute approximate surface area is 95.8 Å². The molecule has 0 spiro atoms. The lowest BCUT2D eigenvalue weighted by Gasteiger charge is -2.04. The zero-order valence-corrected chi connectivity index (χ0v) is 9.56. The van der Waals surface area contributed by atoms with Crippen LogP contribution in [-0.4, -0.2) is 17.6 Å². The highest BCUT2D eigenvalue weighted by Gasteiger charge is 2.40. The zero-order valence-electron chi connectivity index (χ0n) is 9.56. The van der Waals surface area contributed by atoms with Crippen LogP contribution in [0, 0.1) is 11.8 Å². The highest BCUT2D eigenvalue weighted by atomic mass is 16.5. The van der Waals surface area contributed by atoms with E-state index in [-0.39, 0.29) is 11.9 Å². The predicted molar refractivity (Wildman–Crippen MR) is 60.8 cm³/mol. The van der Waals surface area contributed by atoms with Crippen molar-refractivity contribution in [2.24, 2.45) is 11.8 Å². The Morgan fingerprint density at radius 3 is 2.81 bits per heavy atom. The third-order valence-corrected chi connectivity index (χ3v) is 3.02. The van der Waals surface area contributed by atoms with E-state index in [0.717, 1.165) is 19.3 Å². The van der Waals surface area contributed by atoms with E-state index in [0.29, 0.717) is 12.5 Å². The van der Waals surface area contributed by atoms with E-state index >= 15 is 0 Å². The van der Waals surface area contributed by atoms with E-state index in [9.17, 15) is 4.79 Å². The Morgan fingerprint density at radius 1 is 1.50 bits per heavy atom. The summed E-state index contributed by atoms with van der Waals surface area (Å²) in [6, 6.07) is 3.98. The van der Waals surface area contributed by atoms with Crippen LogP contribution in [0.3, 0.4) is 0 Å². The molecule has 0 amide bonds. The maximum atomic E-state index is 11.4. The minimum absolute atomic E-state index is 0.0118. The van der Waals surface area contributed by atoms with Gasteiger partial charge in [-0.1, -0.05) is 6.92 Å². The maximum absolute atomic E-state index is 11.4. The normalized spacial score (nSPS) is 22.8. The molecular weight excluding hydrogens is 202 g/mol. The minimum atomic E-state index is -0.0118. The number of aryl methyl sites for hydroxylation is 1. The fraction of sp³-hybridized carbons (Fsp3) is 0.538. The van der Waals surface area contributed by atoms with Crippen molar-refractivity contribution in [1.82, 2.24) is 4.98 Å². The van der Waals surface area contributed by atoms with Crippen LogP contribution in [0.25, 0.3) is 0 Å². The van der Waals surface area contributed by atoms with Crippen molar-refractivity contribution in [2.75, 3.05) is 6.61 Å². The fourth-order valence-electron chi connectivity index (χ4n) is 1.76. The molecule has 0 N–H and O–H groups in total. The quantitative estimate of drug-likeness (QED) is 0.563. The Morgan fingerprint density at radius 2 is 2.19 bits per heavy atom. The lowest BCUT2D eigenvalue weighted by molar-refractivity contribution is -0.145. The van der Waals surface area contributed by atoms with Crippen LogP contribution < -0.4 is 0 Å². The summed E-state index contributed by atoms with van der Waals surface area (Å²) in [5, 5.41) is 0. The molecule has 1 aromatic heterocycles. The van der Waals surface area contributed by atoms with Crippen LogP contribution in [0.1, 0.15) is 25.3 Å². The van der Waals surface area contributed by atoms with Gasteiger partial charge < -0.3 is 4.74 Å². The van der Waals surface area contributed by atoms with Crippen LogP contribution in [0.15, 0.2) is 24.5 Å². The molecule has 0 saturated heterocycles. The number of hydrogen-bond acceptors (Lipinski definition) is 3. The van der Waals surface area contributed by atoms with Crippen molar-refractivity contribution in [2.45, 2.75) is 26.2 Å². The second kappa shape index (κ2) is 5.10. The summed E-state index contributed by atoms with van der Waals surface area (Å²) in [5.74, 6) is 0.704. The number of pyridine rings is 1. The molecule has 3 nitrogen and oxygen atoms in total. The van der Waals surface area contributed by atoms with Crippen LogP contribution in [0.4, 0.5) is 0 Å². The van der Waals surface area contributed by atoms with Gasteiger partial charge in [-0.05, 0) is 42.9 Å². The molecule has 1 fully saturated rings. The monoisotopic (exact) mass is 219 g/mol. The lowest BCUT2D eigenvalue weighted by atomic mass is 10.1. The van der Waals surface area contributed by atoms with Gasteiger partial charge in [-0.2, -0.15) is 0 Å². The maximum Gasteiger partial charge on any atom is 0.309 e. The number of aromatic nitrogens is 1. The minimum Gasteiger partial charge on any atom is -0.465 e. The van der Waals surface area contributed by atoms with Gasteiger partial charge >= 0.3 is 5.97 Å². The van der Waals surface area contributed by atoms with E-state index in [1.165, 1.54) is 5.56 Å². The number of carbonyl (C=O) groups excluding carboxylic acids is 1. The average Bonchev–Trinajstić information content (AvgIpc) is 3.03. The molecular formula is C13H17NO2. The van der Waals surface area contributed by atoms with Crippen molar-refractivity contribution in [3.05, 3.63) is 30.1 Å². The van der Waals surface area contributed by atoms with Crippen LogP contribution >= 0.6 is 0 Å². The Kier molecular flexibility index (Phi) is 3.54. The topological polar surface area (TPSA) is 39.2 Å². The first-order valence-electron chi connectivity index (χ1n) is 5.83. The molecule has 0 aliphatic heterocycles. The molecule has 86 valence electrons. The van der Waals surface area contributed by atoms with Crippen molar-refractivity contribution < 1.29 is 9.53 Å². The number of rotatable bonds is 5. The Bertz CT molecular complexity index is 350. The van der Waals surface area contributed by atoms with Gasteiger partial charge in [0.15, 0.2) is 0 Å². The molecule has 2 rings (SSSR count). The smallest absolute Gasteiger partial charge is 0.309 e. The lowest BCUT2D eigenvalue weighted by Crippen LogP contribution is -2.09. The molecule has 2 unspecified atom stereocenters. The third kappa shape index (κ3) is 3.05. The first kappa shape index (κ1) is 11.1. The highest BCUT2D eigenvalue weighted by molar-refractivity contribution is 5.75. The molecule has 16 heavy (non-hydrogen) atoms. The van der Waals surface area contributed by atoms with Crippen molar-refractivity contribution >= 4 is 5.97 Å². The van der Waals surface area contributed by atoms with Gasteiger partial charge in [0, 0.05) is 12.4 Å². The molecule has 1 saturated carbocycles. The SMILES string of the molecule is CC1CC1C(=O)OCCCc1ccncc1. The van der Waals surface area contributed by atoms with Gasteiger partial charge in [0.2, 0.25) is 0 Å². The predicted octanol–water partition coefficient (Wildman–Crippen LogP) is 2.21. The first-order valence-corrected chi connectivity index (χ1v) is 5.83. The van der Waals surface area contributed by atoms with Crippen LogP contribution in [0.2, 0.25) is 0 Å². The van der Waals surface area contributed by atoms with Gasteiger partial charge in [0.1, 0.15) is 0 Å². The summed E-state index contributed by atoms with van der Waals surface area (Å²) in [5.41, 5.74) is 1.24. The summed E-state index contributed by atoms with van der Waals surface area (Å²) in [6.45, 7) is 2.62. The molecule has 0 radical (unpaired) electrons. The summed E-state index contributed by atoms with van der Waals surface area (Å²) in [6.07, 6.45) is 6.40. The molecule has 0 bridgehead atoms. The first-order chi connectivity index (χ1) is 7.77. The molecule has 1 heterocycles. The molecule has 1 aromatic rings. The highest BCUT2D eigenvalue weighted by Crippen LogP contribution is 2.38. The van der Waals surface area contributed by atoms with Crippen LogP contribution in [-0.2, 0) is 16.0 Å². The summed E-state index contributed by atoms with van der Waals surface area (Å²) >= 11 is 0. The second-order valence-electron chi connectivity index (χ2n) is 4.45. The van der Waals surface area contributed by atoms with Crippen molar-refractivity contribution in [3.63, 3.8) is 0 Å². The molecule has 2 atom stereocenters. The van der Waals surface area contributed by atoms with Gasteiger partial charge in [-0.15, -0.1) is 0 Å². The van der Waals surface area contributed by atoms with Gasteiger partial charge in [-0.3, -0.25) is 9.78 Å². The number of nitrogens with zero attached hydrogens (tertiary/aromatic N) is 1. The van der Waals surface area contributed by atoms with E-state index in [1.54, 1.807) is 12.4 Å². The van der Waals surface area contributed by atoms with Crippen molar-refractivity contribution in [1.29, 1.82) is 0 Å². The molecule has 1 aliphatic carbocycles. The molecule has 3 heteroatoms. The molecule has 0 aromatic carbocycles. The van der Waals surface area contributed by atoms with Gasteiger partial charge in [0.25, 0.3) is 0 Å². The van der Waals surface area contributed by atoms with Gasteiger partial charge in [-0.25, -0.2) is 0 Å². The number of hydrogen-bond donors (Lipinski definition) is 0. The summed E-state index contributed by atoms with van der Waals surface area (Å²) in [4.78, 5) is 15.4. The fourth-order valence-corrected chi connectivity index (χ4v) is 1.76. The zero-order chi connectivity index (χ0) is 11.4. The molecule has 1 aliphatic rings. The second-order valence-corrected chi connectivity index (χ2v) is 4.45. The number of carbonyl (C=O) groups is 1. The van der Waals surface area contributed by atoms with E-state index in [1.807, 2.05) is 12.1 Å². The number of ether oxygens (including phenoxy) is 1. The summed E-state index contributed by atoms with van der Waals surface area (Å²) in [7, 11) is 0. The van der Waals surface area contributed by atoms with E-state index in [2.05, 4.69) is 11.9 Å². The van der Waals surface area contributed by atoms with Crippen molar-refractivity contribution in [3.8, 4) is 0 Å². The standard InChI is InChI=1S/C13H17NO2/c1-10-9-12(10)13(15)16-8-2-3-11-4-6-14-7-5-11/h4-7,10,12H,2-3,8-9H2,1H3. The average molecular weight is 219 g/mol.